The number of rotatable bonds is 8. The van der Waals surface area contributed by atoms with Crippen LogP contribution in [0, 0.1) is 10.8 Å². The van der Waals surface area contributed by atoms with Crippen LogP contribution in [0.4, 0.5) is 0 Å². The van der Waals surface area contributed by atoms with Crippen LogP contribution in [-0.2, 0) is 0 Å². The Morgan fingerprint density at radius 1 is 0.875 bits per heavy atom. The van der Waals surface area contributed by atoms with E-state index in [0.29, 0.717) is 0 Å². The Bertz CT molecular complexity index is 179. The van der Waals surface area contributed by atoms with Crippen LogP contribution >= 0.6 is 0 Å². The van der Waals surface area contributed by atoms with Crippen molar-refractivity contribution in [1.82, 2.24) is 0 Å². The Balaban J connectivity index is 5.43. The molecule has 0 aliphatic rings. The van der Waals surface area contributed by atoms with Crippen LogP contribution in [0.3, 0.4) is 0 Å². The van der Waals surface area contributed by atoms with Gasteiger partial charge in [-0.05, 0) is 6.42 Å². The quantitative estimate of drug-likeness (QED) is 0.283. The molecule has 0 radical (unpaired) electrons. The maximum Gasteiger partial charge on any atom is 0.0878 e. The predicted molar refractivity (Wildman–Crippen MR) is 56.6 cm³/mol. The SMILES string of the molecule is CCC(CO)(CO)C(CO)(CO)C(O)CO. The Labute approximate surface area is 94.8 Å². The third kappa shape index (κ3) is 2.22. The van der Waals surface area contributed by atoms with Crippen molar-refractivity contribution in [3.63, 3.8) is 0 Å². The summed E-state index contributed by atoms with van der Waals surface area (Å²) in [6.07, 6.45) is -1.17. The van der Waals surface area contributed by atoms with Gasteiger partial charge in [-0.25, -0.2) is 0 Å². The molecule has 0 spiro atoms. The molecule has 0 fully saturated rings. The van der Waals surface area contributed by atoms with E-state index in [1.54, 1.807) is 6.92 Å². The van der Waals surface area contributed by atoms with Gasteiger partial charge in [0.2, 0.25) is 0 Å². The van der Waals surface area contributed by atoms with Crippen molar-refractivity contribution in [2.24, 2.45) is 10.8 Å². The predicted octanol–water partition coefficient (Wildman–Crippen LogP) is -2.31. The topological polar surface area (TPSA) is 121 Å². The summed E-state index contributed by atoms with van der Waals surface area (Å²) in [6, 6.07) is 0. The van der Waals surface area contributed by atoms with Crippen molar-refractivity contribution in [2.45, 2.75) is 19.4 Å². The fourth-order valence-corrected chi connectivity index (χ4v) is 2.06. The Morgan fingerprint density at radius 3 is 1.50 bits per heavy atom. The average Bonchev–Trinajstić information content (AvgIpc) is 2.35. The van der Waals surface area contributed by atoms with E-state index >= 15 is 0 Å². The lowest BCUT2D eigenvalue weighted by Gasteiger charge is -2.48. The zero-order chi connectivity index (χ0) is 12.8. The van der Waals surface area contributed by atoms with Crippen LogP contribution in [0.5, 0.6) is 0 Å². The molecule has 6 heteroatoms. The van der Waals surface area contributed by atoms with Crippen LogP contribution in [0.15, 0.2) is 0 Å². The monoisotopic (exact) mass is 238 g/mol. The zero-order valence-corrected chi connectivity index (χ0v) is 9.50. The molecule has 0 amide bonds. The minimum atomic E-state index is -1.53. The fraction of sp³-hybridized carbons (Fsp3) is 1.00. The molecular weight excluding hydrogens is 216 g/mol. The van der Waals surface area contributed by atoms with Gasteiger partial charge in [0, 0.05) is 5.41 Å². The molecule has 0 aliphatic heterocycles. The molecule has 6 nitrogen and oxygen atoms in total. The van der Waals surface area contributed by atoms with Gasteiger partial charge in [-0.3, -0.25) is 0 Å². The van der Waals surface area contributed by atoms with Crippen LogP contribution in [-0.4, -0.2) is 69.8 Å². The van der Waals surface area contributed by atoms with E-state index < -0.39 is 50.0 Å². The second-order valence-electron chi connectivity index (χ2n) is 4.12. The van der Waals surface area contributed by atoms with Crippen molar-refractivity contribution < 1.29 is 30.6 Å². The summed E-state index contributed by atoms with van der Waals surface area (Å²) in [4.78, 5) is 0. The van der Waals surface area contributed by atoms with E-state index in [9.17, 15) is 25.5 Å². The first-order valence-electron chi connectivity index (χ1n) is 5.26. The molecular formula is C10H22O6. The van der Waals surface area contributed by atoms with Crippen LogP contribution in [0.25, 0.3) is 0 Å². The molecule has 6 N–H and O–H groups in total. The molecule has 0 heterocycles. The van der Waals surface area contributed by atoms with Crippen molar-refractivity contribution in [3.05, 3.63) is 0 Å². The van der Waals surface area contributed by atoms with Gasteiger partial charge in [0.15, 0.2) is 0 Å². The molecule has 0 bridgehead atoms. The second-order valence-corrected chi connectivity index (χ2v) is 4.12. The summed E-state index contributed by atoms with van der Waals surface area (Å²) in [5, 5.41) is 56.0. The second kappa shape index (κ2) is 6.48. The summed E-state index contributed by atoms with van der Waals surface area (Å²) in [6.45, 7) is -1.28. The van der Waals surface area contributed by atoms with Crippen molar-refractivity contribution in [3.8, 4) is 0 Å². The zero-order valence-electron chi connectivity index (χ0n) is 9.50. The summed E-state index contributed by atoms with van der Waals surface area (Å²) in [7, 11) is 0. The molecule has 1 unspecified atom stereocenters. The standard InChI is InChI=1S/C10H22O6/c1-2-9(4-12,5-13)10(6-14,7-15)8(16)3-11/h8,11-16H,2-7H2,1H3. The van der Waals surface area contributed by atoms with Gasteiger partial charge in [0.25, 0.3) is 0 Å². The highest BCUT2D eigenvalue weighted by molar-refractivity contribution is 5.01. The van der Waals surface area contributed by atoms with Crippen LogP contribution in [0.2, 0.25) is 0 Å². The molecule has 98 valence electrons. The molecule has 0 rings (SSSR count). The molecule has 0 aromatic carbocycles. The lowest BCUT2D eigenvalue weighted by Crippen LogP contribution is -2.59. The third-order valence-corrected chi connectivity index (χ3v) is 3.71. The molecule has 0 aromatic heterocycles. The van der Waals surface area contributed by atoms with Crippen molar-refractivity contribution in [1.29, 1.82) is 0 Å². The summed E-state index contributed by atoms with van der Waals surface area (Å²) in [5.74, 6) is 0. The van der Waals surface area contributed by atoms with Gasteiger partial charge in [-0.2, -0.15) is 0 Å². The van der Waals surface area contributed by atoms with Crippen LogP contribution < -0.4 is 0 Å². The molecule has 0 saturated carbocycles. The van der Waals surface area contributed by atoms with E-state index in [2.05, 4.69) is 0 Å². The van der Waals surface area contributed by atoms with Crippen molar-refractivity contribution in [2.75, 3.05) is 33.0 Å². The van der Waals surface area contributed by atoms with E-state index in [4.69, 9.17) is 5.11 Å². The fourth-order valence-electron chi connectivity index (χ4n) is 2.06. The first-order chi connectivity index (χ1) is 7.53. The Kier molecular flexibility index (Phi) is 6.39. The highest BCUT2D eigenvalue weighted by Crippen LogP contribution is 2.44. The Morgan fingerprint density at radius 2 is 1.31 bits per heavy atom. The highest BCUT2D eigenvalue weighted by Gasteiger charge is 2.53. The molecule has 1 atom stereocenters. The van der Waals surface area contributed by atoms with Crippen LogP contribution in [0.1, 0.15) is 13.3 Å². The molecule has 0 aliphatic carbocycles. The highest BCUT2D eigenvalue weighted by atomic mass is 16.3. The van der Waals surface area contributed by atoms with E-state index in [1.165, 1.54) is 0 Å². The first kappa shape index (κ1) is 15.8. The Hall–Kier alpha value is -0.240. The first-order valence-corrected chi connectivity index (χ1v) is 5.26. The van der Waals surface area contributed by atoms with E-state index in [-0.39, 0.29) is 6.42 Å². The van der Waals surface area contributed by atoms with Gasteiger partial charge in [-0.1, -0.05) is 6.92 Å². The third-order valence-electron chi connectivity index (χ3n) is 3.71. The number of aliphatic hydroxyl groups excluding tert-OH is 6. The normalized spacial score (nSPS) is 15.2. The minimum Gasteiger partial charge on any atom is -0.396 e. The number of hydrogen-bond acceptors (Lipinski definition) is 6. The smallest absolute Gasteiger partial charge is 0.0878 e. The summed E-state index contributed by atoms with van der Waals surface area (Å²) in [5.41, 5.74) is -2.77. The van der Waals surface area contributed by atoms with E-state index in [0.717, 1.165) is 0 Å². The largest absolute Gasteiger partial charge is 0.396 e. The maximum atomic E-state index is 9.70. The minimum absolute atomic E-state index is 0.248. The van der Waals surface area contributed by atoms with Gasteiger partial charge in [0.1, 0.15) is 0 Å². The van der Waals surface area contributed by atoms with Gasteiger partial charge < -0.3 is 30.6 Å². The van der Waals surface area contributed by atoms with Gasteiger partial charge in [0.05, 0.1) is 44.6 Å². The van der Waals surface area contributed by atoms with Crippen molar-refractivity contribution >= 4 is 0 Å². The average molecular weight is 238 g/mol. The van der Waals surface area contributed by atoms with Gasteiger partial charge >= 0.3 is 0 Å². The number of aliphatic hydroxyl groups is 6. The lowest BCUT2D eigenvalue weighted by atomic mass is 9.60. The van der Waals surface area contributed by atoms with Gasteiger partial charge in [-0.15, -0.1) is 0 Å². The summed E-state index contributed by atoms with van der Waals surface area (Å²) >= 11 is 0. The maximum absolute atomic E-state index is 9.70. The molecule has 0 aromatic rings. The lowest BCUT2D eigenvalue weighted by molar-refractivity contribution is -0.180. The van der Waals surface area contributed by atoms with E-state index in [1.807, 2.05) is 0 Å². The molecule has 16 heavy (non-hydrogen) atoms. The number of hydrogen-bond donors (Lipinski definition) is 6. The molecule has 0 saturated heterocycles. The summed E-state index contributed by atoms with van der Waals surface area (Å²) < 4.78 is 0.